The van der Waals surface area contributed by atoms with Crippen molar-refractivity contribution in [2.45, 2.75) is 106 Å². The molecule has 0 atom stereocenters. The molecule has 278 valence electrons. The van der Waals surface area contributed by atoms with Gasteiger partial charge in [-0.05, 0) is 47.9 Å². The zero-order valence-electron chi connectivity index (χ0n) is 33.9. The van der Waals surface area contributed by atoms with Gasteiger partial charge < -0.3 is 4.14 Å². The number of nitrogens with zero attached hydrogens (tertiary/aromatic N) is 1. The first-order chi connectivity index (χ1) is 25.2. The molecule has 6 rings (SSSR count). The van der Waals surface area contributed by atoms with E-state index < -0.39 is 37.3 Å². The Labute approximate surface area is 344 Å². The number of halogens is 2. The summed E-state index contributed by atoms with van der Waals surface area (Å²) in [6.45, 7) is 22.6. The second kappa shape index (κ2) is 21.9. The Hall–Kier alpha value is -1.98. The summed E-state index contributed by atoms with van der Waals surface area (Å²) in [7, 11) is 13.4. The van der Waals surface area contributed by atoms with Crippen molar-refractivity contribution in [3.63, 3.8) is 0 Å². The van der Waals surface area contributed by atoms with Crippen LogP contribution in [0.4, 0.5) is 0 Å². The number of hydrogen-bond donors (Lipinski definition) is 0. The van der Waals surface area contributed by atoms with Crippen molar-refractivity contribution < 1.29 is 20.8 Å². The molecule has 0 fully saturated rings. The van der Waals surface area contributed by atoms with Crippen LogP contribution in [0.3, 0.4) is 0 Å². The summed E-state index contributed by atoms with van der Waals surface area (Å²) >= 11 is -0.826. The van der Waals surface area contributed by atoms with Crippen molar-refractivity contribution in [2.75, 3.05) is 0 Å². The average Bonchev–Trinajstić information content (AvgIpc) is 3.75. The van der Waals surface area contributed by atoms with Gasteiger partial charge in [-0.3, -0.25) is 0 Å². The van der Waals surface area contributed by atoms with Crippen LogP contribution in [0, 0.1) is 0 Å². The van der Waals surface area contributed by atoms with Crippen LogP contribution in [0.25, 0.3) is 43.8 Å². The Kier molecular flexibility index (Phi) is 18.8. The first kappa shape index (κ1) is 45.4. The number of rotatable bonds is 10. The van der Waals surface area contributed by atoms with E-state index >= 15 is 0 Å². The normalized spacial score (nSPS) is 11.3. The van der Waals surface area contributed by atoms with Crippen molar-refractivity contribution in [3.8, 4) is 22.3 Å². The predicted molar refractivity (Wildman–Crippen MR) is 243 cm³/mol. The van der Waals surface area contributed by atoms with E-state index in [0.717, 1.165) is 12.8 Å². The molecular formula is C46H60BCl2NSi2Zr. The van der Waals surface area contributed by atoms with Gasteiger partial charge in [0.05, 0.1) is 0 Å². The van der Waals surface area contributed by atoms with E-state index in [1.54, 1.807) is 0 Å². The molecule has 0 aliphatic carbocycles. The van der Waals surface area contributed by atoms with Gasteiger partial charge in [-0.25, -0.2) is 0 Å². The fourth-order valence-electron chi connectivity index (χ4n) is 7.12. The fourth-order valence-corrected chi connectivity index (χ4v) is 15.2. The van der Waals surface area contributed by atoms with Crippen LogP contribution in [0.1, 0.15) is 62.8 Å². The van der Waals surface area contributed by atoms with Gasteiger partial charge in [0, 0.05) is 0 Å². The topological polar surface area (TPSA) is 3.24 Å². The molecule has 2 radical (unpaired) electrons. The van der Waals surface area contributed by atoms with Crippen molar-refractivity contribution in [1.29, 1.82) is 0 Å². The maximum absolute atomic E-state index is 5.98. The quantitative estimate of drug-likeness (QED) is 0.0980. The van der Waals surface area contributed by atoms with Crippen molar-refractivity contribution in [3.05, 3.63) is 131 Å². The predicted octanol–water partition coefficient (Wildman–Crippen LogP) is 14.9. The average molecular weight is 856 g/mol. The minimum absolute atomic E-state index is 0.826. The van der Waals surface area contributed by atoms with Crippen molar-refractivity contribution >= 4 is 63.0 Å². The van der Waals surface area contributed by atoms with Gasteiger partial charge in [-0.1, -0.05) is 152 Å². The summed E-state index contributed by atoms with van der Waals surface area (Å²) in [5, 5.41) is 5.54. The second-order valence-electron chi connectivity index (χ2n) is 15.6. The summed E-state index contributed by atoms with van der Waals surface area (Å²) in [5.74, 6) is 0. The first-order valence-corrected chi connectivity index (χ1v) is 32.5. The number of fused-ring (bicyclic) bond motifs is 2. The zero-order valence-corrected chi connectivity index (χ0v) is 39.9. The van der Waals surface area contributed by atoms with E-state index in [1.807, 2.05) is 0 Å². The van der Waals surface area contributed by atoms with Crippen LogP contribution in [-0.4, -0.2) is 28.6 Å². The molecule has 0 aliphatic rings. The van der Waals surface area contributed by atoms with Crippen LogP contribution in [0.2, 0.25) is 39.3 Å². The number of hydrogen-bond acceptors (Lipinski definition) is 1. The van der Waals surface area contributed by atoms with Crippen LogP contribution < -0.4 is 0 Å². The Bertz CT molecular complexity index is 1840. The van der Waals surface area contributed by atoms with E-state index in [-0.39, 0.29) is 0 Å². The summed E-state index contributed by atoms with van der Waals surface area (Å²) in [4.78, 5) is 0. The van der Waals surface area contributed by atoms with Crippen LogP contribution in [0.5, 0.6) is 0 Å². The van der Waals surface area contributed by atoms with Crippen molar-refractivity contribution in [2.24, 2.45) is 0 Å². The van der Waals surface area contributed by atoms with E-state index in [0.29, 0.717) is 0 Å². The van der Waals surface area contributed by atoms with E-state index in [4.69, 9.17) is 25.0 Å². The molecule has 0 heterocycles. The maximum atomic E-state index is 5.98. The van der Waals surface area contributed by atoms with E-state index in [2.05, 4.69) is 180 Å². The summed E-state index contributed by atoms with van der Waals surface area (Å²) in [6.07, 6.45) is 6.91. The summed E-state index contributed by atoms with van der Waals surface area (Å²) in [5.41, 5.74) is 11.3. The van der Waals surface area contributed by atoms with Gasteiger partial charge >= 0.3 is 37.9 Å². The molecule has 1 nitrogen and oxygen atoms in total. The SMILES string of the molecule is CCCc1cc2c(-c3ccccc3CC)cccc2[cH-]1.CCCc1cc2c(-c3ccccc3CC)cccc2[cH-]1.[B]N([Si](C)(C)C)[Si](C)(C)C.[Cl][Zr+2][Cl]. The molecule has 0 bridgehead atoms. The third-order valence-corrected chi connectivity index (χ3v) is 16.4. The number of benzene rings is 4. The van der Waals surface area contributed by atoms with Gasteiger partial charge in [0.15, 0.2) is 7.98 Å². The van der Waals surface area contributed by atoms with Crippen LogP contribution >= 0.6 is 17.0 Å². The molecule has 0 spiro atoms. The molecule has 6 aromatic carbocycles. The molecule has 53 heavy (non-hydrogen) atoms. The first-order valence-electron chi connectivity index (χ1n) is 19.3. The van der Waals surface area contributed by atoms with Crippen LogP contribution in [-0.2, 0) is 46.5 Å². The third-order valence-electron chi connectivity index (χ3n) is 9.52. The zero-order chi connectivity index (χ0) is 39.2. The molecule has 7 heteroatoms. The summed E-state index contributed by atoms with van der Waals surface area (Å²) in [6, 6.07) is 40.3. The molecule has 0 aliphatic heterocycles. The van der Waals surface area contributed by atoms with Gasteiger partial charge in [-0.2, -0.15) is 12.1 Å². The molecule has 0 amide bonds. The Morgan fingerprint density at radius 1 is 0.547 bits per heavy atom. The van der Waals surface area contributed by atoms with E-state index in [1.165, 1.54) is 91.7 Å². The number of aryl methyl sites for hydroxylation is 4. The van der Waals surface area contributed by atoms with Crippen molar-refractivity contribution in [1.82, 2.24) is 4.14 Å². The van der Waals surface area contributed by atoms with Gasteiger partial charge in [0.25, 0.3) is 0 Å². The molecule has 0 unspecified atom stereocenters. The summed E-state index contributed by atoms with van der Waals surface area (Å²) < 4.78 is 2.15. The molecule has 0 saturated carbocycles. The molecule has 6 aromatic rings. The fraction of sp³-hybridized carbons (Fsp3) is 0.348. The molecule has 0 N–H and O–H groups in total. The molecular weight excluding hydrogens is 796 g/mol. The Balaban J connectivity index is 0.000000218. The van der Waals surface area contributed by atoms with Crippen LogP contribution in [0.15, 0.2) is 109 Å². The standard InChI is InChI=1S/2C20H21.C6H18BNSi2.2ClH.Zr/c2*1-3-8-15-13-17-10-7-12-19(20(17)14-15)18-11-6-5-9-16(18)4-2;1-9(2,3)8(7)10(4,5)6;;;/h2*5-7,9-14H,3-4,8H2,1-2H3;1-6H3;2*1H;/q2*-1;;;;+4/p-2. The van der Waals surface area contributed by atoms with E-state index in [9.17, 15) is 0 Å². The minimum atomic E-state index is -1.22. The molecule has 0 saturated heterocycles. The Morgan fingerprint density at radius 3 is 1.19 bits per heavy atom. The monoisotopic (exact) mass is 853 g/mol. The Morgan fingerprint density at radius 2 is 0.887 bits per heavy atom. The van der Waals surface area contributed by atoms with Gasteiger partial charge in [0.1, 0.15) is 16.5 Å². The van der Waals surface area contributed by atoms with Gasteiger partial charge in [0.2, 0.25) is 0 Å². The third kappa shape index (κ3) is 13.0. The molecule has 0 aromatic heterocycles. The van der Waals surface area contributed by atoms with Gasteiger partial charge in [-0.15, -0.1) is 69.1 Å². The second-order valence-corrected chi connectivity index (χ2v) is 29.5.